The molecule has 160 valence electrons. The van der Waals surface area contributed by atoms with Crippen molar-refractivity contribution in [1.82, 2.24) is 25.1 Å². The van der Waals surface area contributed by atoms with Crippen LogP contribution in [0, 0.1) is 24.5 Å². The Kier molecular flexibility index (Phi) is 5.70. The molecule has 0 aliphatic carbocycles. The molecule has 2 heterocycles. The van der Waals surface area contributed by atoms with Crippen LogP contribution in [-0.2, 0) is 4.79 Å². The molecular formula is C21H20F2N6O2. The number of benzene rings is 2. The number of hydrogen-bond acceptors (Lipinski definition) is 5. The minimum absolute atomic E-state index is 0.139. The highest BCUT2D eigenvalue weighted by atomic mass is 19.1. The number of aromatic nitrogens is 4. The number of carbonyl (C=O) groups is 2. The molecule has 2 amide bonds. The van der Waals surface area contributed by atoms with Crippen LogP contribution in [0.15, 0.2) is 42.5 Å². The van der Waals surface area contributed by atoms with Gasteiger partial charge in [0.25, 0.3) is 5.91 Å². The molecule has 1 aliphatic heterocycles. The molecule has 4 rings (SSSR count). The third kappa shape index (κ3) is 4.42. The average Bonchev–Trinajstić information content (AvgIpc) is 3.21. The molecule has 3 aromatic rings. The number of tetrazole rings is 1. The zero-order valence-electron chi connectivity index (χ0n) is 16.8. The van der Waals surface area contributed by atoms with Gasteiger partial charge in [0.15, 0.2) is 5.82 Å². The Hall–Kier alpha value is -3.69. The first-order valence-electron chi connectivity index (χ1n) is 9.83. The van der Waals surface area contributed by atoms with Crippen LogP contribution in [0.1, 0.15) is 29.0 Å². The van der Waals surface area contributed by atoms with Crippen LogP contribution in [0.2, 0.25) is 0 Å². The van der Waals surface area contributed by atoms with Crippen LogP contribution in [0.3, 0.4) is 0 Å². The number of nitrogens with zero attached hydrogens (tertiary/aromatic N) is 5. The molecule has 0 unspecified atom stereocenters. The molecule has 0 atom stereocenters. The molecule has 31 heavy (non-hydrogen) atoms. The highest BCUT2D eigenvalue weighted by Crippen LogP contribution is 2.23. The summed E-state index contributed by atoms with van der Waals surface area (Å²) >= 11 is 0. The lowest BCUT2D eigenvalue weighted by Gasteiger charge is -2.31. The second-order valence-electron chi connectivity index (χ2n) is 7.37. The van der Waals surface area contributed by atoms with Crippen molar-refractivity contribution in [2.45, 2.75) is 19.8 Å². The number of likely N-dealkylation sites (tertiary alicyclic amines) is 1. The van der Waals surface area contributed by atoms with Crippen molar-refractivity contribution in [2.24, 2.45) is 5.92 Å². The molecule has 0 radical (unpaired) electrons. The monoisotopic (exact) mass is 426 g/mol. The third-order valence-electron chi connectivity index (χ3n) is 5.31. The molecule has 1 fully saturated rings. The first kappa shape index (κ1) is 20.6. The van der Waals surface area contributed by atoms with Crippen molar-refractivity contribution in [1.29, 1.82) is 0 Å². The number of aryl methyl sites for hydroxylation is 1. The molecule has 1 saturated heterocycles. The lowest BCUT2D eigenvalue weighted by Crippen LogP contribution is -2.41. The van der Waals surface area contributed by atoms with E-state index >= 15 is 0 Å². The third-order valence-corrected chi connectivity index (χ3v) is 5.31. The van der Waals surface area contributed by atoms with Gasteiger partial charge in [-0.1, -0.05) is 0 Å². The number of amides is 2. The number of carbonyl (C=O) groups excluding carboxylic acids is 2. The summed E-state index contributed by atoms with van der Waals surface area (Å²) in [6.07, 6.45) is 0.998. The summed E-state index contributed by atoms with van der Waals surface area (Å²) in [5.74, 6) is -1.15. The lowest BCUT2D eigenvalue weighted by atomic mass is 9.95. The molecule has 1 aliphatic rings. The maximum atomic E-state index is 14.2. The van der Waals surface area contributed by atoms with Crippen LogP contribution in [0.25, 0.3) is 5.69 Å². The maximum Gasteiger partial charge on any atom is 0.253 e. The van der Waals surface area contributed by atoms with Crippen molar-refractivity contribution in [2.75, 3.05) is 18.4 Å². The van der Waals surface area contributed by atoms with Crippen molar-refractivity contribution < 1.29 is 18.4 Å². The molecule has 1 N–H and O–H groups in total. The van der Waals surface area contributed by atoms with E-state index in [1.165, 1.54) is 47.1 Å². The van der Waals surface area contributed by atoms with E-state index in [1.807, 2.05) is 0 Å². The van der Waals surface area contributed by atoms with Gasteiger partial charge in [-0.15, -0.1) is 5.10 Å². The van der Waals surface area contributed by atoms with Crippen LogP contribution < -0.4 is 5.32 Å². The highest BCUT2D eigenvalue weighted by molar-refractivity contribution is 5.95. The van der Waals surface area contributed by atoms with Crippen molar-refractivity contribution in [3.8, 4) is 5.69 Å². The van der Waals surface area contributed by atoms with E-state index in [4.69, 9.17) is 0 Å². The summed E-state index contributed by atoms with van der Waals surface area (Å²) in [5.41, 5.74) is 0.988. The number of anilines is 1. The predicted octanol–water partition coefficient (Wildman–Crippen LogP) is 2.74. The highest BCUT2D eigenvalue weighted by Gasteiger charge is 2.28. The van der Waals surface area contributed by atoms with Gasteiger partial charge in [-0.05, 0) is 72.7 Å². The van der Waals surface area contributed by atoms with Crippen LogP contribution in [0.4, 0.5) is 14.5 Å². The Morgan fingerprint density at radius 2 is 1.77 bits per heavy atom. The second kappa shape index (κ2) is 8.58. The summed E-state index contributed by atoms with van der Waals surface area (Å²) in [4.78, 5) is 26.9. The van der Waals surface area contributed by atoms with Gasteiger partial charge in [-0.2, -0.15) is 4.68 Å². The molecule has 2 aromatic carbocycles. The maximum absolute atomic E-state index is 14.2. The summed E-state index contributed by atoms with van der Waals surface area (Å²) < 4.78 is 28.5. The van der Waals surface area contributed by atoms with Gasteiger partial charge in [0.1, 0.15) is 17.3 Å². The average molecular weight is 426 g/mol. The fraction of sp³-hybridized carbons (Fsp3) is 0.286. The molecule has 0 saturated carbocycles. The quantitative estimate of drug-likeness (QED) is 0.693. The number of rotatable bonds is 4. The van der Waals surface area contributed by atoms with Gasteiger partial charge in [-0.25, -0.2) is 8.78 Å². The fourth-order valence-corrected chi connectivity index (χ4v) is 3.57. The predicted molar refractivity (Wildman–Crippen MR) is 108 cm³/mol. The van der Waals surface area contributed by atoms with E-state index in [2.05, 4.69) is 20.8 Å². The van der Waals surface area contributed by atoms with Gasteiger partial charge in [0.2, 0.25) is 5.91 Å². The van der Waals surface area contributed by atoms with Gasteiger partial charge in [0, 0.05) is 30.3 Å². The molecule has 0 bridgehead atoms. The zero-order valence-corrected chi connectivity index (χ0v) is 16.8. The van der Waals surface area contributed by atoms with Gasteiger partial charge < -0.3 is 10.2 Å². The van der Waals surface area contributed by atoms with Crippen molar-refractivity contribution in [3.05, 3.63) is 65.5 Å². The van der Waals surface area contributed by atoms with Gasteiger partial charge in [-0.3, -0.25) is 9.59 Å². The molecule has 0 spiro atoms. The SMILES string of the molecule is Cc1nnnn1-c1cc(NC(=O)C2CCN(C(=O)c3ccc(F)cc3)CC2)ccc1F. The Morgan fingerprint density at radius 3 is 2.42 bits per heavy atom. The lowest BCUT2D eigenvalue weighted by molar-refractivity contribution is -0.121. The second-order valence-corrected chi connectivity index (χ2v) is 7.37. The Labute approximate surface area is 176 Å². The number of nitrogens with one attached hydrogen (secondary N) is 1. The summed E-state index contributed by atoms with van der Waals surface area (Å²) in [5, 5.41) is 13.8. The zero-order chi connectivity index (χ0) is 22.0. The van der Waals surface area contributed by atoms with E-state index in [-0.39, 0.29) is 23.4 Å². The molecule has 10 heteroatoms. The normalized spacial score (nSPS) is 14.5. The summed E-state index contributed by atoms with van der Waals surface area (Å²) in [6, 6.07) is 9.61. The van der Waals surface area contributed by atoms with E-state index in [9.17, 15) is 18.4 Å². The minimum atomic E-state index is -0.513. The van der Waals surface area contributed by atoms with Gasteiger partial charge >= 0.3 is 0 Å². The minimum Gasteiger partial charge on any atom is -0.339 e. The first-order chi connectivity index (χ1) is 14.9. The van der Waals surface area contributed by atoms with E-state index in [1.54, 1.807) is 11.8 Å². The van der Waals surface area contributed by atoms with Crippen molar-refractivity contribution >= 4 is 17.5 Å². The number of piperidine rings is 1. The van der Waals surface area contributed by atoms with E-state index in [0.29, 0.717) is 43.0 Å². The van der Waals surface area contributed by atoms with Crippen LogP contribution >= 0.6 is 0 Å². The topological polar surface area (TPSA) is 93.0 Å². The summed E-state index contributed by atoms with van der Waals surface area (Å²) in [6.45, 7) is 2.49. The van der Waals surface area contributed by atoms with E-state index in [0.717, 1.165) is 0 Å². The number of halogens is 2. The Bertz CT molecular complexity index is 1110. The number of hydrogen-bond donors (Lipinski definition) is 1. The van der Waals surface area contributed by atoms with Crippen molar-refractivity contribution in [3.63, 3.8) is 0 Å². The first-order valence-corrected chi connectivity index (χ1v) is 9.83. The molecule has 1 aromatic heterocycles. The smallest absolute Gasteiger partial charge is 0.253 e. The van der Waals surface area contributed by atoms with Crippen LogP contribution in [0.5, 0.6) is 0 Å². The Balaban J connectivity index is 1.38. The van der Waals surface area contributed by atoms with Crippen LogP contribution in [-0.4, -0.2) is 50.0 Å². The van der Waals surface area contributed by atoms with E-state index < -0.39 is 11.6 Å². The molecular weight excluding hydrogens is 406 g/mol. The fourth-order valence-electron chi connectivity index (χ4n) is 3.57. The Morgan fingerprint density at radius 1 is 1.06 bits per heavy atom. The molecule has 8 nitrogen and oxygen atoms in total. The van der Waals surface area contributed by atoms with Gasteiger partial charge in [0.05, 0.1) is 0 Å². The largest absolute Gasteiger partial charge is 0.339 e. The standard InChI is InChI=1S/C21H20F2N6O2/c1-13-25-26-27-29(13)19-12-17(6-7-18(19)23)24-20(30)14-8-10-28(11-9-14)21(31)15-2-4-16(22)5-3-15/h2-7,12,14H,8-11H2,1H3,(H,24,30). The summed E-state index contributed by atoms with van der Waals surface area (Å²) in [7, 11) is 0.